The Morgan fingerprint density at radius 1 is 1.41 bits per heavy atom. The molecule has 0 fully saturated rings. The number of aliphatic hydroxyl groups is 1. The number of benzene rings is 1. The highest BCUT2D eigenvalue weighted by atomic mass is 35.5. The SMILES string of the molecule is CC(CCl)C(=O)N[C@@H](CO)Cc1ccccc1. The van der Waals surface area contributed by atoms with E-state index < -0.39 is 0 Å². The van der Waals surface area contributed by atoms with Crippen LogP contribution in [0.25, 0.3) is 0 Å². The maximum Gasteiger partial charge on any atom is 0.224 e. The minimum Gasteiger partial charge on any atom is -0.394 e. The van der Waals surface area contributed by atoms with Gasteiger partial charge in [0.05, 0.1) is 12.6 Å². The van der Waals surface area contributed by atoms with Crippen molar-refractivity contribution in [2.45, 2.75) is 19.4 Å². The molecule has 0 aliphatic heterocycles. The number of amides is 1. The van der Waals surface area contributed by atoms with Gasteiger partial charge < -0.3 is 10.4 Å². The van der Waals surface area contributed by atoms with Crippen LogP contribution in [-0.4, -0.2) is 29.5 Å². The highest BCUT2D eigenvalue weighted by molar-refractivity contribution is 6.19. The molecule has 0 bridgehead atoms. The average Bonchev–Trinajstić information content (AvgIpc) is 2.38. The molecule has 0 aromatic heterocycles. The summed E-state index contributed by atoms with van der Waals surface area (Å²) in [4.78, 5) is 11.6. The predicted octanol–water partition coefficient (Wildman–Crippen LogP) is 1.58. The molecule has 0 spiro atoms. The molecular formula is C13H18ClNO2. The second-order valence-electron chi connectivity index (χ2n) is 4.13. The fraction of sp³-hybridized carbons (Fsp3) is 0.462. The van der Waals surface area contributed by atoms with E-state index in [0.29, 0.717) is 6.42 Å². The van der Waals surface area contributed by atoms with Gasteiger partial charge in [-0.25, -0.2) is 0 Å². The zero-order chi connectivity index (χ0) is 12.7. The van der Waals surface area contributed by atoms with Crippen molar-refractivity contribution in [2.75, 3.05) is 12.5 Å². The van der Waals surface area contributed by atoms with E-state index in [4.69, 9.17) is 11.6 Å². The monoisotopic (exact) mass is 255 g/mol. The molecule has 0 saturated heterocycles. The van der Waals surface area contributed by atoms with Crippen LogP contribution in [0.4, 0.5) is 0 Å². The number of halogens is 1. The molecule has 1 amide bonds. The maximum atomic E-state index is 11.6. The molecule has 2 atom stereocenters. The molecule has 1 rings (SSSR count). The Bertz CT molecular complexity index is 343. The summed E-state index contributed by atoms with van der Waals surface area (Å²) in [5, 5.41) is 12.0. The van der Waals surface area contributed by atoms with Gasteiger partial charge in [-0.15, -0.1) is 11.6 Å². The smallest absolute Gasteiger partial charge is 0.224 e. The van der Waals surface area contributed by atoms with Crippen LogP contribution in [0.5, 0.6) is 0 Å². The van der Waals surface area contributed by atoms with Gasteiger partial charge in [-0.05, 0) is 12.0 Å². The van der Waals surface area contributed by atoms with E-state index in [1.54, 1.807) is 6.92 Å². The number of hydrogen-bond acceptors (Lipinski definition) is 2. The lowest BCUT2D eigenvalue weighted by Gasteiger charge is -2.18. The van der Waals surface area contributed by atoms with E-state index in [2.05, 4.69) is 5.32 Å². The number of rotatable bonds is 6. The van der Waals surface area contributed by atoms with E-state index in [-0.39, 0.29) is 30.4 Å². The van der Waals surface area contributed by atoms with Crippen molar-refractivity contribution in [1.29, 1.82) is 0 Å². The number of alkyl halides is 1. The number of carbonyl (C=O) groups excluding carboxylic acids is 1. The summed E-state index contributed by atoms with van der Waals surface area (Å²) in [6.07, 6.45) is 0.623. The lowest BCUT2D eigenvalue weighted by molar-refractivity contribution is -0.124. The predicted molar refractivity (Wildman–Crippen MR) is 69.0 cm³/mol. The molecule has 1 aromatic carbocycles. The molecule has 0 aliphatic rings. The fourth-order valence-electron chi connectivity index (χ4n) is 1.47. The Kier molecular flexibility index (Phi) is 6.01. The molecule has 0 aliphatic carbocycles. The number of carbonyl (C=O) groups is 1. The van der Waals surface area contributed by atoms with Crippen LogP contribution >= 0.6 is 11.6 Å². The molecule has 0 saturated carbocycles. The fourth-order valence-corrected chi connectivity index (χ4v) is 1.61. The van der Waals surface area contributed by atoms with Crippen molar-refractivity contribution >= 4 is 17.5 Å². The van der Waals surface area contributed by atoms with Gasteiger partial charge in [0.25, 0.3) is 0 Å². The maximum absolute atomic E-state index is 11.6. The molecular weight excluding hydrogens is 238 g/mol. The first-order chi connectivity index (χ1) is 8.17. The van der Waals surface area contributed by atoms with Crippen molar-refractivity contribution < 1.29 is 9.90 Å². The Hall–Kier alpha value is -1.06. The summed E-state index contributed by atoms with van der Waals surface area (Å²) in [6, 6.07) is 9.50. The zero-order valence-electron chi connectivity index (χ0n) is 9.90. The van der Waals surface area contributed by atoms with E-state index in [0.717, 1.165) is 5.56 Å². The van der Waals surface area contributed by atoms with Crippen molar-refractivity contribution in [3.05, 3.63) is 35.9 Å². The number of hydrogen-bond donors (Lipinski definition) is 2. The van der Waals surface area contributed by atoms with Gasteiger partial charge >= 0.3 is 0 Å². The largest absolute Gasteiger partial charge is 0.394 e. The van der Waals surface area contributed by atoms with Crippen molar-refractivity contribution in [2.24, 2.45) is 5.92 Å². The van der Waals surface area contributed by atoms with Crippen LogP contribution in [0.15, 0.2) is 30.3 Å². The van der Waals surface area contributed by atoms with Gasteiger partial charge in [0.15, 0.2) is 0 Å². The quantitative estimate of drug-likeness (QED) is 0.759. The highest BCUT2D eigenvalue weighted by Crippen LogP contribution is 2.04. The molecule has 0 radical (unpaired) electrons. The van der Waals surface area contributed by atoms with Crippen LogP contribution in [0, 0.1) is 5.92 Å². The Labute approximate surface area is 107 Å². The second-order valence-corrected chi connectivity index (χ2v) is 4.44. The second kappa shape index (κ2) is 7.30. The van der Waals surface area contributed by atoms with Gasteiger partial charge in [0.2, 0.25) is 5.91 Å². The van der Waals surface area contributed by atoms with Crippen LogP contribution in [-0.2, 0) is 11.2 Å². The number of nitrogens with one attached hydrogen (secondary N) is 1. The van der Waals surface area contributed by atoms with Crippen LogP contribution < -0.4 is 5.32 Å². The highest BCUT2D eigenvalue weighted by Gasteiger charge is 2.16. The van der Waals surface area contributed by atoms with Gasteiger partial charge in [-0.3, -0.25) is 4.79 Å². The summed E-state index contributed by atoms with van der Waals surface area (Å²) in [7, 11) is 0. The van der Waals surface area contributed by atoms with Crippen LogP contribution in [0.3, 0.4) is 0 Å². The number of aliphatic hydroxyl groups excluding tert-OH is 1. The molecule has 2 N–H and O–H groups in total. The Morgan fingerprint density at radius 2 is 2.06 bits per heavy atom. The summed E-state index contributed by atoms with van der Waals surface area (Å²) >= 11 is 5.61. The first kappa shape index (κ1) is 14.0. The topological polar surface area (TPSA) is 49.3 Å². The standard InChI is InChI=1S/C13H18ClNO2/c1-10(8-14)13(17)15-12(9-16)7-11-5-3-2-4-6-11/h2-6,10,12,16H,7-9H2,1H3,(H,15,17)/t10?,12-/m1/s1. The first-order valence-corrected chi connectivity index (χ1v) is 6.22. The minimum atomic E-state index is -0.254. The summed E-state index contributed by atoms with van der Waals surface area (Å²) < 4.78 is 0. The van der Waals surface area contributed by atoms with Crippen LogP contribution in [0.2, 0.25) is 0 Å². The molecule has 4 heteroatoms. The average molecular weight is 256 g/mol. The first-order valence-electron chi connectivity index (χ1n) is 5.68. The minimum absolute atomic E-state index is 0.0738. The van der Waals surface area contributed by atoms with E-state index in [9.17, 15) is 9.90 Å². The Balaban J connectivity index is 2.52. The van der Waals surface area contributed by atoms with Crippen LogP contribution in [0.1, 0.15) is 12.5 Å². The lowest BCUT2D eigenvalue weighted by atomic mass is 10.1. The molecule has 1 unspecified atom stereocenters. The van der Waals surface area contributed by atoms with E-state index in [1.807, 2.05) is 30.3 Å². The molecule has 94 valence electrons. The van der Waals surface area contributed by atoms with Crippen molar-refractivity contribution in [1.82, 2.24) is 5.32 Å². The lowest BCUT2D eigenvalue weighted by Crippen LogP contribution is -2.42. The third-order valence-electron chi connectivity index (χ3n) is 2.57. The normalized spacial score (nSPS) is 14.1. The van der Waals surface area contributed by atoms with Crippen molar-refractivity contribution in [3.63, 3.8) is 0 Å². The van der Waals surface area contributed by atoms with E-state index in [1.165, 1.54) is 0 Å². The van der Waals surface area contributed by atoms with Gasteiger partial charge in [0, 0.05) is 11.8 Å². The zero-order valence-corrected chi connectivity index (χ0v) is 10.7. The molecule has 17 heavy (non-hydrogen) atoms. The molecule has 3 nitrogen and oxygen atoms in total. The van der Waals surface area contributed by atoms with Gasteiger partial charge in [-0.1, -0.05) is 37.3 Å². The van der Waals surface area contributed by atoms with Gasteiger partial charge in [-0.2, -0.15) is 0 Å². The molecule has 0 heterocycles. The van der Waals surface area contributed by atoms with E-state index >= 15 is 0 Å². The van der Waals surface area contributed by atoms with Gasteiger partial charge in [0.1, 0.15) is 0 Å². The third kappa shape index (κ3) is 4.75. The third-order valence-corrected chi connectivity index (χ3v) is 3.03. The molecule has 1 aromatic rings. The van der Waals surface area contributed by atoms with Crippen molar-refractivity contribution in [3.8, 4) is 0 Å². The summed E-state index contributed by atoms with van der Waals surface area (Å²) in [6.45, 7) is 1.69. The Morgan fingerprint density at radius 3 is 2.59 bits per heavy atom. The summed E-state index contributed by atoms with van der Waals surface area (Å²) in [5.74, 6) is -0.0635. The summed E-state index contributed by atoms with van der Waals surface area (Å²) in [5.41, 5.74) is 1.09.